The van der Waals surface area contributed by atoms with Crippen LogP contribution in [0.5, 0.6) is 0 Å². The lowest BCUT2D eigenvalue weighted by atomic mass is 9.90. The van der Waals surface area contributed by atoms with Crippen molar-refractivity contribution in [1.29, 1.82) is 0 Å². The standard InChI is InChI=1S/C16H25ClN2O2S/c1-4-13-11-19(22(3,20)21)10-9-16(13)18-12(2)14-7-5-6-8-15(14)17/h5-8,12-13,16,18H,4,9-11H2,1-3H3. The summed E-state index contributed by atoms with van der Waals surface area (Å²) in [6.07, 6.45) is 3.08. The SMILES string of the molecule is CCC1CN(S(C)(=O)=O)CCC1NC(C)c1ccccc1Cl. The number of nitrogens with one attached hydrogen (secondary N) is 1. The highest BCUT2D eigenvalue weighted by Crippen LogP contribution is 2.27. The maximum atomic E-state index is 11.7. The van der Waals surface area contributed by atoms with E-state index in [-0.39, 0.29) is 6.04 Å². The minimum absolute atomic E-state index is 0.150. The Hall–Kier alpha value is -0.620. The first kappa shape index (κ1) is 17.7. The number of hydrogen-bond donors (Lipinski definition) is 1. The molecule has 1 aromatic carbocycles. The van der Waals surface area contributed by atoms with Crippen molar-refractivity contribution in [3.05, 3.63) is 34.9 Å². The summed E-state index contributed by atoms with van der Waals surface area (Å²) in [6, 6.07) is 8.32. The van der Waals surface area contributed by atoms with Gasteiger partial charge >= 0.3 is 0 Å². The highest BCUT2D eigenvalue weighted by molar-refractivity contribution is 7.88. The first-order chi connectivity index (χ1) is 10.3. The largest absolute Gasteiger partial charge is 0.307 e. The van der Waals surface area contributed by atoms with E-state index >= 15 is 0 Å². The van der Waals surface area contributed by atoms with Gasteiger partial charge in [-0.1, -0.05) is 43.1 Å². The molecule has 4 nitrogen and oxygen atoms in total. The van der Waals surface area contributed by atoms with Crippen molar-refractivity contribution in [1.82, 2.24) is 9.62 Å². The van der Waals surface area contributed by atoms with Gasteiger partial charge in [0.05, 0.1) is 6.26 Å². The molecule has 1 fully saturated rings. The molecule has 1 saturated heterocycles. The number of hydrogen-bond acceptors (Lipinski definition) is 3. The summed E-state index contributed by atoms with van der Waals surface area (Å²) < 4.78 is 25.1. The second-order valence-corrected chi connectivity index (χ2v) is 8.48. The molecule has 1 heterocycles. The molecule has 1 aliphatic rings. The molecule has 3 atom stereocenters. The Labute approximate surface area is 138 Å². The van der Waals surface area contributed by atoms with Crippen molar-refractivity contribution < 1.29 is 8.42 Å². The zero-order valence-corrected chi connectivity index (χ0v) is 15.0. The molecule has 0 saturated carbocycles. The van der Waals surface area contributed by atoms with Crippen LogP contribution in [-0.2, 0) is 10.0 Å². The van der Waals surface area contributed by atoms with Gasteiger partial charge < -0.3 is 5.32 Å². The summed E-state index contributed by atoms with van der Waals surface area (Å²) in [7, 11) is -3.10. The van der Waals surface area contributed by atoms with E-state index in [2.05, 4.69) is 19.2 Å². The first-order valence-corrected chi connectivity index (χ1v) is 10.0. The van der Waals surface area contributed by atoms with Gasteiger partial charge in [-0.05, 0) is 30.9 Å². The normalized spacial score (nSPS) is 25.1. The molecule has 0 radical (unpaired) electrons. The van der Waals surface area contributed by atoms with Crippen molar-refractivity contribution in [2.24, 2.45) is 5.92 Å². The van der Waals surface area contributed by atoms with Crippen molar-refractivity contribution in [2.45, 2.75) is 38.8 Å². The minimum atomic E-state index is -3.10. The lowest BCUT2D eigenvalue weighted by molar-refractivity contribution is 0.193. The Balaban J connectivity index is 2.05. The van der Waals surface area contributed by atoms with Gasteiger partial charge in [0.1, 0.15) is 0 Å². The molecular weight excluding hydrogens is 320 g/mol. The lowest BCUT2D eigenvalue weighted by Gasteiger charge is -2.39. The summed E-state index contributed by atoms with van der Waals surface area (Å²) in [5.74, 6) is 0.327. The third kappa shape index (κ3) is 4.22. The number of piperidine rings is 1. The molecule has 124 valence electrons. The van der Waals surface area contributed by atoms with Crippen LogP contribution in [0.15, 0.2) is 24.3 Å². The molecule has 2 rings (SSSR count). The van der Waals surface area contributed by atoms with Crippen LogP contribution in [0.2, 0.25) is 5.02 Å². The molecule has 3 unspecified atom stereocenters. The quantitative estimate of drug-likeness (QED) is 0.893. The number of rotatable bonds is 5. The van der Waals surface area contributed by atoms with Gasteiger partial charge in [-0.3, -0.25) is 0 Å². The lowest BCUT2D eigenvalue weighted by Crippen LogP contribution is -2.51. The van der Waals surface area contributed by atoms with Crippen LogP contribution >= 0.6 is 11.6 Å². The molecule has 6 heteroatoms. The van der Waals surface area contributed by atoms with Crippen molar-refractivity contribution in [2.75, 3.05) is 19.3 Å². The molecule has 1 N–H and O–H groups in total. The maximum Gasteiger partial charge on any atom is 0.211 e. The van der Waals surface area contributed by atoms with Crippen molar-refractivity contribution >= 4 is 21.6 Å². The zero-order valence-electron chi connectivity index (χ0n) is 13.4. The molecule has 1 aromatic rings. The monoisotopic (exact) mass is 344 g/mol. The van der Waals surface area contributed by atoms with Crippen LogP contribution in [-0.4, -0.2) is 38.1 Å². The third-order valence-electron chi connectivity index (χ3n) is 4.53. The minimum Gasteiger partial charge on any atom is -0.307 e. The maximum absolute atomic E-state index is 11.7. The molecule has 0 aromatic heterocycles. The van der Waals surface area contributed by atoms with Gasteiger partial charge in [0, 0.05) is 30.2 Å². The summed E-state index contributed by atoms with van der Waals surface area (Å²) in [5, 5.41) is 4.41. The third-order valence-corrected chi connectivity index (χ3v) is 6.14. The second kappa shape index (κ2) is 7.30. The Kier molecular flexibility index (Phi) is 5.88. The smallest absolute Gasteiger partial charge is 0.211 e. The van der Waals surface area contributed by atoms with E-state index in [0.29, 0.717) is 25.0 Å². The first-order valence-electron chi connectivity index (χ1n) is 7.78. The molecule has 0 aliphatic carbocycles. The van der Waals surface area contributed by atoms with E-state index in [1.807, 2.05) is 24.3 Å². The van der Waals surface area contributed by atoms with Gasteiger partial charge in [-0.2, -0.15) is 0 Å². The molecule has 0 spiro atoms. The van der Waals surface area contributed by atoms with Crippen LogP contribution in [0, 0.1) is 5.92 Å². The van der Waals surface area contributed by atoms with E-state index in [0.717, 1.165) is 23.4 Å². The van der Waals surface area contributed by atoms with E-state index in [1.165, 1.54) is 6.26 Å². The molecule has 0 amide bonds. The summed E-state index contributed by atoms with van der Waals surface area (Å²) in [4.78, 5) is 0. The number of sulfonamides is 1. The van der Waals surface area contributed by atoms with E-state index in [1.54, 1.807) is 4.31 Å². The molecule has 0 bridgehead atoms. The number of nitrogens with zero attached hydrogens (tertiary/aromatic N) is 1. The fourth-order valence-corrected chi connectivity index (χ4v) is 4.37. The Bertz CT molecular complexity index is 606. The van der Waals surface area contributed by atoms with Gasteiger partial charge in [-0.25, -0.2) is 12.7 Å². The second-order valence-electron chi connectivity index (χ2n) is 6.09. The van der Waals surface area contributed by atoms with Gasteiger partial charge in [0.25, 0.3) is 0 Å². The van der Waals surface area contributed by atoms with Crippen LogP contribution < -0.4 is 5.32 Å². The summed E-state index contributed by atoms with van der Waals surface area (Å²) >= 11 is 6.26. The Morgan fingerprint density at radius 1 is 1.41 bits per heavy atom. The summed E-state index contributed by atoms with van der Waals surface area (Å²) in [6.45, 7) is 5.41. The van der Waals surface area contributed by atoms with Crippen molar-refractivity contribution in [3.8, 4) is 0 Å². The van der Waals surface area contributed by atoms with Gasteiger partial charge in [0.15, 0.2) is 0 Å². The predicted octanol–water partition coefficient (Wildman–Crippen LogP) is 3.05. The number of benzene rings is 1. The molecule has 22 heavy (non-hydrogen) atoms. The zero-order chi connectivity index (χ0) is 16.3. The average molecular weight is 345 g/mol. The molecular formula is C16H25ClN2O2S. The van der Waals surface area contributed by atoms with Gasteiger partial charge in [0.2, 0.25) is 10.0 Å². The summed E-state index contributed by atoms with van der Waals surface area (Å²) in [5.41, 5.74) is 1.09. The van der Waals surface area contributed by atoms with Crippen molar-refractivity contribution in [3.63, 3.8) is 0 Å². The highest BCUT2D eigenvalue weighted by atomic mass is 35.5. The van der Waals surface area contributed by atoms with Crippen LogP contribution in [0.25, 0.3) is 0 Å². The van der Waals surface area contributed by atoms with Crippen LogP contribution in [0.4, 0.5) is 0 Å². The number of halogens is 1. The van der Waals surface area contributed by atoms with E-state index in [9.17, 15) is 8.42 Å². The van der Waals surface area contributed by atoms with Gasteiger partial charge in [-0.15, -0.1) is 0 Å². The Morgan fingerprint density at radius 3 is 2.68 bits per heavy atom. The fourth-order valence-electron chi connectivity index (χ4n) is 3.17. The van der Waals surface area contributed by atoms with Crippen LogP contribution in [0.1, 0.15) is 38.3 Å². The topological polar surface area (TPSA) is 49.4 Å². The highest BCUT2D eigenvalue weighted by Gasteiger charge is 2.32. The fraction of sp³-hybridized carbons (Fsp3) is 0.625. The van der Waals surface area contributed by atoms with E-state index in [4.69, 9.17) is 11.6 Å². The molecule has 1 aliphatic heterocycles. The van der Waals surface area contributed by atoms with E-state index < -0.39 is 10.0 Å². The van der Waals surface area contributed by atoms with Crippen LogP contribution in [0.3, 0.4) is 0 Å². The predicted molar refractivity (Wildman–Crippen MR) is 91.6 cm³/mol. The Morgan fingerprint density at radius 2 is 2.09 bits per heavy atom. The average Bonchev–Trinajstić information content (AvgIpc) is 2.46.